The molecule has 0 heterocycles. The van der Waals surface area contributed by atoms with Gasteiger partial charge in [0.15, 0.2) is 0 Å². The van der Waals surface area contributed by atoms with Crippen LogP contribution in [-0.4, -0.2) is 23.8 Å². The molecule has 1 aliphatic rings. The Morgan fingerprint density at radius 2 is 1.56 bits per heavy atom. The Kier molecular flexibility index (Phi) is 5.30. The summed E-state index contributed by atoms with van der Waals surface area (Å²) in [6.45, 7) is 10.9. The molecule has 0 saturated heterocycles. The van der Waals surface area contributed by atoms with Gasteiger partial charge in [-0.2, -0.15) is 0 Å². The minimum atomic E-state index is -0.623. The lowest BCUT2D eigenvalue weighted by molar-refractivity contribution is -0.0245. The lowest BCUT2D eigenvalue weighted by Crippen LogP contribution is -2.46. The molecule has 0 aromatic heterocycles. The molecule has 6 heteroatoms. The predicted octanol–water partition coefficient (Wildman–Crippen LogP) is 4.70. The quantitative estimate of drug-likeness (QED) is 0.855. The van der Waals surface area contributed by atoms with E-state index in [0.717, 1.165) is 0 Å². The van der Waals surface area contributed by atoms with Gasteiger partial charge in [-0.1, -0.05) is 20.8 Å². The highest BCUT2D eigenvalue weighted by atomic mass is 19.1. The van der Waals surface area contributed by atoms with Crippen molar-refractivity contribution < 1.29 is 23.0 Å². The van der Waals surface area contributed by atoms with Gasteiger partial charge in [0.05, 0.1) is 0 Å². The number of rotatable bonds is 3. The summed E-state index contributed by atoms with van der Waals surface area (Å²) in [4.78, 5) is 11.7. The van der Waals surface area contributed by atoms with Crippen molar-refractivity contribution in [3.63, 3.8) is 0 Å². The van der Waals surface area contributed by atoms with E-state index in [1.54, 1.807) is 20.8 Å². The molecule has 140 valence electrons. The maximum Gasteiger partial charge on any atom is 0.407 e. The highest BCUT2D eigenvalue weighted by Gasteiger charge is 2.35. The number of nitrogens with one attached hydrogen (secondary N) is 1. The smallest absolute Gasteiger partial charge is 0.407 e. The summed E-state index contributed by atoms with van der Waals surface area (Å²) in [6, 6.07) is 2.42. The molecule has 0 radical (unpaired) electrons. The van der Waals surface area contributed by atoms with Gasteiger partial charge in [-0.15, -0.1) is 0 Å². The van der Waals surface area contributed by atoms with Crippen molar-refractivity contribution in [2.45, 2.75) is 77.5 Å². The lowest BCUT2D eigenvalue weighted by Gasteiger charge is -2.35. The fourth-order valence-corrected chi connectivity index (χ4v) is 2.72. The highest BCUT2D eigenvalue weighted by molar-refractivity contribution is 5.68. The molecule has 1 saturated carbocycles. The molecule has 1 aromatic carbocycles. The largest absolute Gasteiger partial charge is 0.490 e. The molecule has 0 unspecified atom stereocenters. The second-order valence-electron chi connectivity index (χ2n) is 8.63. The Labute approximate surface area is 147 Å². The summed E-state index contributed by atoms with van der Waals surface area (Å²) in [6.07, 6.45) is 0.0779. The molecule has 4 nitrogen and oxygen atoms in total. The monoisotopic (exact) mass is 355 g/mol. The van der Waals surface area contributed by atoms with Crippen LogP contribution in [0.1, 0.15) is 59.9 Å². The van der Waals surface area contributed by atoms with Gasteiger partial charge in [0, 0.05) is 36.1 Å². The van der Waals surface area contributed by atoms with Gasteiger partial charge in [0.1, 0.15) is 29.6 Å². The summed E-state index contributed by atoms with van der Waals surface area (Å²) in [5.41, 5.74) is -0.933. The van der Waals surface area contributed by atoms with E-state index in [9.17, 15) is 13.6 Å². The van der Waals surface area contributed by atoms with E-state index in [1.165, 1.54) is 12.1 Å². The van der Waals surface area contributed by atoms with Crippen LogP contribution in [0, 0.1) is 11.6 Å². The SMILES string of the molecule is CC(C)(C)NC(=O)OC1CC(Oc2cc(F)c(C(C)(C)C)c(F)c2)C1. The van der Waals surface area contributed by atoms with E-state index in [0.29, 0.717) is 12.8 Å². The van der Waals surface area contributed by atoms with Crippen LogP contribution in [-0.2, 0) is 10.2 Å². The van der Waals surface area contributed by atoms with Crippen LogP contribution in [0.2, 0.25) is 0 Å². The molecular weight excluding hydrogens is 328 g/mol. The second kappa shape index (κ2) is 6.81. The van der Waals surface area contributed by atoms with Gasteiger partial charge in [-0.25, -0.2) is 13.6 Å². The van der Waals surface area contributed by atoms with Crippen molar-refractivity contribution in [3.05, 3.63) is 29.3 Å². The number of carbonyl (C=O) groups is 1. The predicted molar refractivity (Wildman–Crippen MR) is 91.9 cm³/mol. The zero-order valence-corrected chi connectivity index (χ0v) is 15.7. The van der Waals surface area contributed by atoms with E-state index in [4.69, 9.17) is 9.47 Å². The number of halogens is 2. The average Bonchev–Trinajstić information content (AvgIpc) is 2.30. The Morgan fingerprint density at radius 1 is 1.04 bits per heavy atom. The van der Waals surface area contributed by atoms with Crippen LogP contribution in [0.15, 0.2) is 12.1 Å². The summed E-state index contributed by atoms with van der Waals surface area (Å²) in [5, 5.41) is 2.72. The highest BCUT2D eigenvalue weighted by Crippen LogP contribution is 2.33. The van der Waals surface area contributed by atoms with Crippen LogP contribution in [0.3, 0.4) is 0 Å². The number of hydrogen-bond acceptors (Lipinski definition) is 3. The first-order valence-electron chi connectivity index (χ1n) is 8.50. The number of ether oxygens (including phenoxy) is 2. The van der Waals surface area contributed by atoms with Gasteiger partial charge < -0.3 is 14.8 Å². The fraction of sp³-hybridized carbons (Fsp3) is 0.632. The fourth-order valence-electron chi connectivity index (χ4n) is 2.72. The number of amides is 1. The number of carbonyl (C=O) groups excluding carboxylic acids is 1. The van der Waals surface area contributed by atoms with Gasteiger partial charge in [-0.05, 0) is 26.2 Å². The first kappa shape index (κ1) is 19.5. The van der Waals surface area contributed by atoms with Crippen molar-refractivity contribution >= 4 is 6.09 Å². The van der Waals surface area contributed by atoms with E-state index < -0.39 is 23.1 Å². The normalized spacial score (nSPS) is 20.6. The van der Waals surface area contributed by atoms with Crippen LogP contribution in [0.5, 0.6) is 5.75 Å². The Hall–Kier alpha value is -1.85. The molecule has 25 heavy (non-hydrogen) atoms. The third-order valence-electron chi connectivity index (χ3n) is 3.87. The maximum absolute atomic E-state index is 14.2. The zero-order valence-electron chi connectivity index (χ0n) is 15.7. The molecule has 2 rings (SSSR count). The lowest BCUT2D eigenvalue weighted by atomic mass is 9.86. The summed E-state index contributed by atoms with van der Waals surface area (Å²) in [7, 11) is 0. The molecule has 0 aliphatic heterocycles. The molecular formula is C19H27F2NO3. The minimum absolute atomic E-state index is 0.0496. The molecule has 1 aromatic rings. The van der Waals surface area contributed by atoms with Crippen LogP contribution in [0.4, 0.5) is 13.6 Å². The van der Waals surface area contributed by atoms with Crippen LogP contribution < -0.4 is 10.1 Å². The van der Waals surface area contributed by atoms with Crippen molar-refractivity contribution in [1.82, 2.24) is 5.32 Å². The Balaban J connectivity index is 1.89. The average molecular weight is 355 g/mol. The number of hydrogen-bond donors (Lipinski definition) is 1. The molecule has 0 spiro atoms. The first-order valence-corrected chi connectivity index (χ1v) is 8.50. The van der Waals surface area contributed by atoms with Gasteiger partial charge in [-0.3, -0.25) is 0 Å². The third kappa shape index (κ3) is 5.31. The van der Waals surface area contributed by atoms with Crippen molar-refractivity contribution in [3.8, 4) is 5.75 Å². The second-order valence-corrected chi connectivity index (χ2v) is 8.63. The Morgan fingerprint density at radius 3 is 2.00 bits per heavy atom. The van der Waals surface area contributed by atoms with Crippen LogP contribution >= 0.6 is 0 Å². The van der Waals surface area contributed by atoms with E-state index in [1.807, 2.05) is 20.8 Å². The molecule has 1 aliphatic carbocycles. The molecule has 1 amide bonds. The zero-order chi connectivity index (χ0) is 19.0. The van der Waals surface area contributed by atoms with Gasteiger partial charge in [0.2, 0.25) is 0 Å². The molecule has 0 atom stereocenters. The van der Waals surface area contributed by atoms with E-state index in [2.05, 4.69) is 5.32 Å². The minimum Gasteiger partial charge on any atom is -0.490 e. The van der Waals surface area contributed by atoms with Gasteiger partial charge >= 0.3 is 6.09 Å². The standard InChI is InChI=1S/C19H27F2NO3/c1-18(2,3)16-14(20)9-13(10-15(16)21)24-11-7-12(8-11)25-17(23)22-19(4,5)6/h9-12H,7-8H2,1-6H3,(H,22,23). The van der Waals surface area contributed by atoms with Crippen LogP contribution in [0.25, 0.3) is 0 Å². The molecule has 0 bridgehead atoms. The van der Waals surface area contributed by atoms with E-state index >= 15 is 0 Å². The van der Waals surface area contributed by atoms with Gasteiger partial charge in [0.25, 0.3) is 0 Å². The summed E-state index contributed by atoms with van der Waals surface area (Å²) < 4.78 is 39.2. The van der Waals surface area contributed by atoms with Crippen molar-refractivity contribution in [1.29, 1.82) is 0 Å². The number of benzene rings is 1. The maximum atomic E-state index is 14.2. The third-order valence-corrected chi connectivity index (χ3v) is 3.87. The Bertz CT molecular complexity index is 618. The van der Waals surface area contributed by atoms with Crippen molar-refractivity contribution in [2.24, 2.45) is 0 Å². The summed E-state index contributed by atoms with van der Waals surface area (Å²) in [5.74, 6) is -1.07. The number of alkyl carbamates (subject to hydrolysis) is 1. The van der Waals surface area contributed by atoms with Crippen molar-refractivity contribution in [2.75, 3.05) is 0 Å². The molecule has 1 N–H and O–H groups in total. The summed E-state index contributed by atoms with van der Waals surface area (Å²) >= 11 is 0. The topological polar surface area (TPSA) is 47.6 Å². The first-order chi connectivity index (χ1) is 11.3. The van der Waals surface area contributed by atoms with E-state index in [-0.39, 0.29) is 29.1 Å². The molecule has 1 fully saturated rings.